The fraction of sp³-hybridized carbons (Fsp3) is 0.682. The maximum absolute atomic E-state index is 16.8. The van der Waals surface area contributed by atoms with Crippen molar-refractivity contribution in [2.24, 2.45) is 11.8 Å². The van der Waals surface area contributed by atoms with Crippen LogP contribution in [0.15, 0.2) is 18.3 Å². The van der Waals surface area contributed by atoms with E-state index in [0.29, 0.717) is 18.6 Å². The van der Waals surface area contributed by atoms with Gasteiger partial charge in [0.2, 0.25) is 0 Å². The Bertz CT molecular complexity index is 892. The summed E-state index contributed by atoms with van der Waals surface area (Å²) >= 11 is 1.33. The highest BCUT2D eigenvalue weighted by molar-refractivity contribution is 8.00. The number of hydrogen-bond acceptors (Lipinski definition) is 7. The molecule has 4 heterocycles. The highest BCUT2D eigenvalue weighted by Gasteiger charge is 2.88. The third kappa shape index (κ3) is 2.43. The molecule has 7 atom stereocenters. The Labute approximate surface area is 179 Å². The van der Waals surface area contributed by atoms with Crippen LogP contribution in [0.3, 0.4) is 0 Å². The third-order valence-electron chi connectivity index (χ3n) is 7.62. The van der Waals surface area contributed by atoms with Crippen molar-refractivity contribution < 1.29 is 28.2 Å². The minimum Gasteiger partial charge on any atom is -0.469 e. The molecule has 2 bridgehead atoms. The van der Waals surface area contributed by atoms with Gasteiger partial charge in [0.25, 0.3) is 0 Å². The monoisotopic (exact) mass is 435 g/mol. The number of thioether (sulfide) groups is 1. The van der Waals surface area contributed by atoms with Crippen LogP contribution in [0.4, 0.5) is 4.39 Å². The maximum Gasteiger partial charge on any atom is 0.313 e. The lowest BCUT2D eigenvalue weighted by atomic mass is 9.50. The molecule has 8 heteroatoms. The van der Waals surface area contributed by atoms with E-state index in [1.807, 2.05) is 19.1 Å². The van der Waals surface area contributed by atoms with Crippen molar-refractivity contribution in [2.75, 3.05) is 12.9 Å². The van der Waals surface area contributed by atoms with Crippen LogP contribution in [0.2, 0.25) is 0 Å². The number of nitrogens with zero attached hydrogens (tertiary/aromatic N) is 1. The molecule has 0 aromatic carbocycles. The van der Waals surface area contributed by atoms with E-state index in [9.17, 15) is 9.59 Å². The van der Waals surface area contributed by atoms with Crippen LogP contribution in [0.1, 0.15) is 37.4 Å². The van der Waals surface area contributed by atoms with Crippen LogP contribution in [0, 0.1) is 18.8 Å². The molecule has 1 spiro atoms. The second kappa shape index (κ2) is 6.66. The van der Waals surface area contributed by atoms with Crippen molar-refractivity contribution in [2.45, 2.75) is 67.8 Å². The Morgan fingerprint density at radius 2 is 2.20 bits per heavy atom. The number of aromatic nitrogens is 1. The highest BCUT2D eigenvalue weighted by atomic mass is 32.2. The smallest absolute Gasteiger partial charge is 0.313 e. The van der Waals surface area contributed by atoms with Crippen LogP contribution in [0.25, 0.3) is 0 Å². The molecule has 5 fully saturated rings. The van der Waals surface area contributed by atoms with Crippen molar-refractivity contribution in [3.8, 4) is 0 Å². The van der Waals surface area contributed by atoms with Gasteiger partial charge < -0.3 is 14.2 Å². The predicted molar refractivity (Wildman–Crippen MR) is 108 cm³/mol. The number of methoxy groups -OCH3 is 1. The Hall–Kier alpha value is -1.67. The summed E-state index contributed by atoms with van der Waals surface area (Å²) in [6.45, 7) is 3.48. The molecule has 0 amide bonds. The number of alkyl halides is 1. The molecule has 1 aromatic heterocycles. The van der Waals surface area contributed by atoms with Gasteiger partial charge in [-0.05, 0) is 38.3 Å². The number of esters is 2. The van der Waals surface area contributed by atoms with Gasteiger partial charge >= 0.3 is 11.9 Å². The zero-order valence-corrected chi connectivity index (χ0v) is 18.2. The SMILES string of the molecule is COC(=O)CCS[C@H]1C2C(=O)O[C@@H]3CCC4C(Cc5ccc(C)nc5)(O[C@]243)[C@]1(C)F. The summed E-state index contributed by atoms with van der Waals surface area (Å²) < 4.78 is 33.7. The van der Waals surface area contributed by atoms with Crippen LogP contribution in [0.5, 0.6) is 0 Å². The van der Waals surface area contributed by atoms with Gasteiger partial charge in [-0.2, -0.15) is 11.8 Å². The molecule has 3 unspecified atom stereocenters. The van der Waals surface area contributed by atoms with Crippen molar-refractivity contribution in [3.63, 3.8) is 0 Å². The molecule has 0 N–H and O–H groups in total. The molecule has 0 radical (unpaired) electrons. The fourth-order valence-electron chi connectivity index (χ4n) is 6.30. The maximum atomic E-state index is 16.8. The molecule has 162 valence electrons. The van der Waals surface area contributed by atoms with E-state index in [2.05, 4.69) is 4.98 Å². The second-order valence-electron chi connectivity index (χ2n) is 9.06. The molecule has 3 saturated heterocycles. The van der Waals surface area contributed by atoms with Crippen LogP contribution >= 0.6 is 11.8 Å². The Morgan fingerprint density at radius 3 is 2.90 bits per heavy atom. The summed E-state index contributed by atoms with van der Waals surface area (Å²) in [5.41, 5.74) is -1.70. The van der Waals surface area contributed by atoms with Crippen molar-refractivity contribution in [3.05, 3.63) is 29.6 Å². The molecule has 1 aromatic rings. The van der Waals surface area contributed by atoms with Gasteiger partial charge in [-0.1, -0.05) is 6.07 Å². The lowest BCUT2D eigenvalue weighted by Crippen LogP contribution is -2.86. The molecule has 3 aliphatic heterocycles. The summed E-state index contributed by atoms with van der Waals surface area (Å²) in [6, 6.07) is 3.89. The summed E-state index contributed by atoms with van der Waals surface area (Å²) in [4.78, 5) is 28.7. The van der Waals surface area contributed by atoms with E-state index in [4.69, 9.17) is 14.2 Å². The summed E-state index contributed by atoms with van der Waals surface area (Å²) in [7, 11) is 1.33. The number of carbonyl (C=O) groups excluding carboxylic acids is 2. The summed E-state index contributed by atoms with van der Waals surface area (Å²) in [5.74, 6) is -1.04. The number of halogens is 1. The van der Waals surface area contributed by atoms with E-state index in [1.54, 1.807) is 13.1 Å². The number of aryl methyl sites for hydroxylation is 1. The van der Waals surface area contributed by atoms with E-state index in [-0.39, 0.29) is 30.4 Å². The van der Waals surface area contributed by atoms with E-state index in [0.717, 1.165) is 17.7 Å². The lowest BCUT2D eigenvalue weighted by Gasteiger charge is -2.71. The molecule has 6 rings (SSSR count). The van der Waals surface area contributed by atoms with Gasteiger partial charge in [-0.3, -0.25) is 14.6 Å². The van der Waals surface area contributed by atoms with Gasteiger partial charge in [-0.25, -0.2) is 4.39 Å². The zero-order chi connectivity index (χ0) is 21.3. The van der Waals surface area contributed by atoms with Gasteiger partial charge in [-0.15, -0.1) is 0 Å². The summed E-state index contributed by atoms with van der Waals surface area (Å²) in [6.07, 6.45) is 3.54. The minimum atomic E-state index is -1.77. The molecular formula is C22H26FNO5S. The fourth-order valence-corrected chi connectivity index (χ4v) is 7.87. The number of pyridine rings is 1. The van der Waals surface area contributed by atoms with E-state index in [1.165, 1.54) is 18.9 Å². The van der Waals surface area contributed by atoms with Crippen molar-refractivity contribution >= 4 is 23.7 Å². The Kier molecular flexibility index (Phi) is 4.50. The molecule has 2 saturated carbocycles. The Balaban J connectivity index is 1.50. The average molecular weight is 436 g/mol. The third-order valence-corrected chi connectivity index (χ3v) is 9.13. The van der Waals surface area contributed by atoms with Gasteiger partial charge in [0.05, 0.1) is 18.8 Å². The number of fused-ring (bicyclic) bond motifs is 1. The lowest BCUT2D eigenvalue weighted by molar-refractivity contribution is -0.397. The first-order valence-corrected chi connectivity index (χ1v) is 11.5. The number of rotatable bonds is 6. The first kappa shape index (κ1) is 20.2. The number of carbonyl (C=O) groups is 2. The van der Waals surface area contributed by atoms with Gasteiger partial charge in [0.1, 0.15) is 28.9 Å². The molecular weight excluding hydrogens is 409 g/mol. The second-order valence-corrected chi connectivity index (χ2v) is 10.3. The molecule has 2 aliphatic carbocycles. The minimum absolute atomic E-state index is 0.0692. The molecule has 30 heavy (non-hydrogen) atoms. The predicted octanol–water partition coefficient (Wildman–Crippen LogP) is 2.80. The van der Waals surface area contributed by atoms with Crippen LogP contribution < -0.4 is 0 Å². The van der Waals surface area contributed by atoms with Crippen molar-refractivity contribution in [1.29, 1.82) is 0 Å². The van der Waals surface area contributed by atoms with Crippen molar-refractivity contribution in [1.82, 2.24) is 4.98 Å². The normalized spacial score (nSPS) is 43.0. The first-order chi connectivity index (χ1) is 14.3. The van der Waals surface area contributed by atoms with Crippen LogP contribution in [-0.2, 0) is 30.2 Å². The molecule has 6 nitrogen and oxygen atoms in total. The quantitative estimate of drug-likeness (QED) is 0.636. The average Bonchev–Trinajstić information content (AvgIpc) is 3.14. The Morgan fingerprint density at radius 1 is 1.40 bits per heavy atom. The van der Waals surface area contributed by atoms with E-state index < -0.39 is 28.0 Å². The standard InChI is InChI=1S/C22H26FNO5S/c1-12-4-5-13(11-24-12)10-21-14-6-7-15-22(14,29-21)17(19(26)28-15)18(20(21,2)23)30-9-8-16(25)27-3/h4-5,11,14-15,17-18H,6-10H2,1-3H3/t14?,15-,17?,18+,20-,21?,22-/m1/s1. The number of ether oxygens (including phenoxy) is 3. The first-order valence-electron chi connectivity index (χ1n) is 10.5. The van der Waals surface area contributed by atoms with E-state index >= 15 is 4.39 Å². The van der Waals surface area contributed by atoms with Crippen LogP contribution in [-0.4, -0.2) is 58.0 Å². The zero-order valence-electron chi connectivity index (χ0n) is 17.4. The topological polar surface area (TPSA) is 74.7 Å². The van der Waals surface area contributed by atoms with Gasteiger partial charge in [0.15, 0.2) is 0 Å². The van der Waals surface area contributed by atoms with Gasteiger partial charge in [0, 0.05) is 30.0 Å². The highest BCUT2D eigenvalue weighted by Crippen LogP contribution is 2.74. The largest absolute Gasteiger partial charge is 0.469 e. The summed E-state index contributed by atoms with van der Waals surface area (Å²) in [5, 5.41) is -0.638. The molecule has 5 aliphatic rings. The number of hydrogen-bond donors (Lipinski definition) is 0.